The molecule has 0 atom stereocenters. The molecule has 1 aromatic carbocycles. The zero-order chi connectivity index (χ0) is 17.0. The van der Waals surface area contributed by atoms with E-state index in [1.54, 1.807) is 18.2 Å². The molecule has 0 saturated heterocycles. The topological polar surface area (TPSA) is 96.3 Å². The number of rotatable bonds is 6. The van der Waals surface area contributed by atoms with Gasteiger partial charge in [0, 0.05) is 25.6 Å². The molecule has 124 valence electrons. The van der Waals surface area contributed by atoms with Gasteiger partial charge in [0.05, 0.1) is 16.6 Å². The Bertz CT molecular complexity index is 721. The maximum Gasteiger partial charge on any atom is 0.335 e. The Hall–Kier alpha value is -2.57. The van der Waals surface area contributed by atoms with Crippen molar-refractivity contribution in [1.82, 2.24) is 20.2 Å². The highest BCUT2D eigenvalue weighted by atomic mass is 16.4. The van der Waals surface area contributed by atoms with Crippen LogP contribution in [0.2, 0.25) is 0 Å². The number of carboxylic acid groups (broad SMARTS) is 1. The second kappa shape index (κ2) is 7.13. The Morgan fingerprint density at radius 3 is 2.70 bits per heavy atom. The van der Waals surface area contributed by atoms with Gasteiger partial charge >= 0.3 is 12.0 Å². The van der Waals surface area contributed by atoms with Gasteiger partial charge in [0.25, 0.3) is 0 Å². The van der Waals surface area contributed by atoms with Crippen LogP contribution in [0.4, 0.5) is 4.79 Å². The van der Waals surface area contributed by atoms with Gasteiger partial charge in [-0.05, 0) is 39.0 Å². The molecular weight excluding hydrogens is 296 g/mol. The van der Waals surface area contributed by atoms with Crippen LogP contribution in [0.5, 0.6) is 0 Å². The number of amides is 2. The highest BCUT2D eigenvalue weighted by molar-refractivity contribution is 5.92. The Kier molecular flexibility index (Phi) is 5.20. The van der Waals surface area contributed by atoms with Crippen LogP contribution in [0.3, 0.4) is 0 Å². The third kappa shape index (κ3) is 4.00. The van der Waals surface area contributed by atoms with Crippen molar-refractivity contribution in [1.29, 1.82) is 0 Å². The molecule has 2 rings (SSSR count). The predicted molar refractivity (Wildman–Crippen MR) is 87.7 cm³/mol. The van der Waals surface area contributed by atoms with Gasteiger partial charge in [-0.3, -0.25) is 0 Å². The molecular formula is C16H22N4O3. The van der Waals surface area contributed by atoms with E-state index in [0.717, 1.165) is 17.9 Å². The maximum absolute atomic E-state index is 11.6. The maximum atomic E-state index is 11.6. The number of imidazole rings is 1. The van der Waals surface area contributed by atoms with Crippen molar-refractivity contribution < 1.29 is 14.7 Å². The molecule has 0 spiro atoms. The third-order valence-corrected chi connectivity index (χ3v) is 3.44. The van der Waals surface area contributed by atoms with Crippen molar-refractivity contribution in [3.63, 3.8) is 0 Å². The summed E-state index contributed by atoms with van der Waals surface area (Å²) in [5.41, 5.74) is 1.78. The quantitative estimate of drug-likeness (QED) is 0.759. The number of aryl methyl sites for hydroxylation is 1. The molecule has 3 N–H and O–H groups in total. The van der Waals surface area contributed by atoms with E-state index in [1.165, 1.54) is 0 Å². The average molecular weight is 318 g/mol. The minimum Gasteiger partial charge on any atom is -0.478 e. The fourth-order valence-electron chi connectivity index (χ4n) is 2.46. The summed E-state index contributed by atoms with van der Waals surface area (Å²) in [6.45, 7) is 7.00. The Labute approximate surface area is 134 Å². The molecule has 1 heterocycles. The number of carboxylic acids is 1. The summed E-state index contributed by atoms with van der Waals surface area (Å²) >= 11 is 0. The predicted octanol–water partition coefficient (Wildman–Crippen LogP) is 2.00. The van der Waals surface area contributed by atoms with E-state index in [-0.39, 0.29) is 17.6 Å². The first-order chi connectivity index (χ1) is 10.9. The smallest absolute Gasteiger partial charge is 0.335 e. The van der Waals surface area contributed by atoms with E-state index in [2.05, 4.69) is 15.6 Å². The Morgan fingerprint density at radius 2 is 2.09 bits per heavy atom. The minimum atomic E-state index is -0.966. The molecule has 2 aromatic rings. The van der Waals surface area contributed by atoms with Gasteiger partial charge in [-0.2, -0.15) is 0 Å². The average Bonchev–Trinajstić information content (AvgIpc) is 2.82. The number of aromatic nitrogens is 2. The summed E-state index contributed by atoms with van der Waals surface area (Å²) in [4.78, 5) is 27.1. The van der Waals surface area contributed by atoms with E-state index in [0.29, 0.717) is 18.5 Å². The van der Waals surface area contributed by atoms with Gasteiger partial charge in [0.1, 0.15) is 5.82 Å². The van der Waals surface area contributed by atoms with Gasteiger partial charge in [-0.15, -0.1) is 0 Å². The van der Waals surface area contributed by atoms with Crippen LogP contribution in [-0.2, 0) is 13.0 Å². The Morgan fingerprint density at radius 1 is 1.35 bits per heavy atom. The molecule has 7 nitrogen and oxygen atoms in total. The zero-order valence-electron chi connectivity index (χ0n) is 13.6. The van der Waals surface area contributed by atoms with Crippen molar-refractivity contribution >= 4 is 23.0 Å². The summed E-state index contributed by atoms with van der Waals surface area (Å²) in [5, 5.41) is 14.6. The van der Waals surface area contributed by atoms with E-state index in [1.807, 2.05) is 25.3 Å². The number of hydrogen-bond acceptors (Lipinski definition) is 3. The van der Waals surface area contributed by atoms with Crippen molar-refractivity contribution in [2.45, 2.75) is 39.8 Å². The lowest BCUT2D eigenvalue weighted by molar-refractivity contribution is 0.0697. The lowest BCUT2D eigenvalue weighted by Crippen LogP contribution is -2.40. The molecule has 0 unspecified atom stereocenters. The van der Waals surface area contributed by atoms with Crippen molar-refractivity contribution in [2.75, 3.05) is 6.54 Å². The van der Waals surface area contributed by atoms with Crippen LogP contribution in [0, 0.1) is 0 Å². The van der Waals surface area contributed by atoms with Gasteiger partial charge < -0.3 is 20.3 Å². The lowest BCUT2D eigenvalue weighted by atomic mass is 10.2. The first-order valence-electron chi connectivity index (χ1n) is 7.69. The van der Waals surface area contributed by atoms with Crippen LogP contribution in [0.1, 0.15) is 37.0 Å². The molecule has 0 radical (unpaired) electrons. The number of aromatic carboxylic acids is 1. The highest BCUT2D eigenvalue weighted by Gasteiger charge is 2.12. The molecule has 0 saturated carbocycles. The van der Waals surface area contributed by atoms with Crippen LogP contribution in [0.25, 0.3) is 11.0 Å². The van der Waals surface area contributed by atoms with Crippen molar-refractivity contribution in [3.8, 4) is 0 Å². The standard InChI is InChI=1S/C16H22N4O3/c1-4-20-13-6-5-11(15(21)22)9-12(13)19-14(20)7-8-17-16(23)18-10(2)3/h5-6,9-10H,4,7-8H2,1-3H3,(H,21,22)(H2,17,18,23). The summed E-state index contributed by atoms with van der Waals surface area (Å²) in [5.74, 6) is -0.138. The molecule has 2 amide bonds. The number of carbonyl (C=O) groups is 2. The van der Waals surface area contributed by atoms with E-state index >= 15 is 0 Å². The third-order valence-electron chi connectivity index (χ3n) is 3.44. The normalized spacial score (nSPS) is 11.0. The number of hydrogen-bond donors (Lipinski definition) is 3. The van der Waals surface area contributed by atoms with Crippen molar-refractivity contribution in [2.24, 2.45) is 0 Å². The molecule has 0 fully saturated rings. The molecule has 7 heteroatoms. The van der Waals surface area contributed by atoms with Crippen LogP contribution in [0.15, 0.2) is 18.2 Å². The van der Waals surface area contributed by atoms with Crippen LogP contribution < -0.4 is 10.6 Å². The van der Waals surface area contributed by atoms with E-state index in [4.69, 9.17) is 5.11 Å². The second-order valence-corrected chi connectivity index (χ2v) is 5.59. The SMILES string of the molecule is CCn1c(CCNC(=O)NC(C)C)nc2cc(C(=O)O)ccc21. The molecule has 0 bridgehead atoms. The van der Waals surface area contributed by atoms with E-state index in [9.17, 15) is 9.59 Å². The number of urea groups is 1. The molecule has 0 aliphatic heterocycles. The fraction of sp³-hybridized carbons (Fsp3) is 0.438. The first kappa shape index (κ1) is 16.8. The van der Waals surface area contributed by atoms with Crippen LogP contribution in [-0.4, -0.2) is 39.2 Å². The first-order valence-corrected chi connectivity index (χ1v) is 7.69. The van der Waals surface area contributed by atoms with E-state index < -0.39 is 5.97 Å². The van der Waals surface area contributed by atoms with Gasteiger partial charge in [0.15, 0.2) is 0 Å². The summed E-state index contributed by atoms with van der Waals surface area (Å²) < 4.78 is 2.03. The fourth-order valence-corrected chi connectivity index (χ4v) is 2.46. The highest BCUT2D eigenvalue weighted by Crippen LogP contribution is 2.18. The van der Waals surface area contributed by atoms with Gasteiger partial charge in [0.2, 0.25) is 0 Å². The number of carbonyl (C=O) groups excluding carboxylic acids is 1. The molecule has 0 aliphatic carbocycles. The van der Waals surface area contributed by atoms with Crippen LogP contribution >= 0.6 is 0 Å². The lowest BCUT2D eigenvalue weighted by Gasteiger charge is -2.10. The monoisotopic (exact) mass is 318 g/mol. The van der Waals surface area contributed by atoms with Gasteiger partial charge in [-0.1, -0.05) is 0 Å². The molecule has 23 heavy (non-hydrogen) atoms. The minimum absolute atomic E-state index is 0.0876. The van der Waals surface area contributed by atoms with Gasteiger partial charge in [-0.25, -0.2) is 14.6 Å². The van der Waals surface area contributed by atoms with Crippen molar-refractivity contribution in [3.05, 3.63) is 29.6 Å². The largest absolute Gasteiger partial charge is 0.478 e. The zero-order valence-corrected chi connectivity index (χ0v) is 13.6. The summed E-state index contributed by atoms with van der Waals surface area (Å²) in [7, 11) is 0. The number of nitrogens with zero attached hydrogens (tertiary/aromatic N) is 2. The number of nitrogens with one attached hydrogen (secondary N) is 2. The summed E-state index contributed by atoms with van der Waals surface area (Å²) in [6, 6.07) is 4.82. The Balaban J connectivity index is 2.13. The second-order valence-electron chi connectivity index (χ2n) is 5.59. The number of fused-ring (bicyclic) bond motifs is 1. The summed E-state index contributed by atoms with van der Waals surface area (Å²) in [6.07, 6.45) is 0.580. The molecule has 0 aliphatic rings. The number of benzene rings is 1. The molecule has 1 aromatic heterocycles.